The molecular formula is C22H37N3. The van der Waals surface area contributed by atoms with Crippen LogP contribution in [-0.4, -0.2) is 22.4 Å². The van der Waals surface area contributed by atoms with Crippen LogP contribution in [0.25, 0.3) is 11.1 Å². The fraction of sp³-hybridized carbons (Fsp3) is 0.591. The van der Waals surface area contributed by atoms with Crippen LogP contribution in [0.5, 0.6) is 0 Å². The van der Waals surface area contributed by atoms with E-state index < -0.39 is 0 Å². The molecule has 0 amide bonds. The van der Waals surface area contributed by atoms with Gasteiger partial charge in [0.15, 0.2) is 0 Å². The number of nitrogens with zero attached hydrogens (tertiary/aromatic N) is 3. The van der Waals surface area contributed by atoms with Gasteiger partial charge in [0.2, 0.25) is 0 Å². The Morgan fingerprint density at radius 1 is 1.08 bits per heavy atom. The zero-order valence-electron chi connectivity index (χ0n) is 17.3. The second kappa shape index (κ2) is 11.0. The Morgan fingerprint density at radius 2 is 1.80 bits per heavy atom. The number of rotatable bonds is 5. The zero-order valence-corrected chi connectivity index (χ0v) is 17.3. The summed E-state index contributed by atoms with van der Waals surface area (Å²) < 4.78 is 1.86. The van der Waals surface area contributed by atoms with Crippen LogP contribution in [-0.2, 0) is 13.5 Å². The number of hydrogen-bond acceptors (Lipinski definition) is 2. The van der Waals surface area contributed by atoms with Gasteiger partial charge in [-0.3, -0.25) is 4.68 Å². The molecule has 0 aliphatic carbocycles. The molecule has 1 aromatic heterocycles. The van der Waals surface area contributed by atoms with Crippen molar-refractivity contribution in [2.45, 2.75) is 73.3 Å². The lowest BCUT2D eigenvalue weighted by atomic mass is 10.0. The first-order chi connectivity index (χ1) is 12.2. The third-order valence-electron chi connectivity index (χ3n) is 4.58. The van der Waals surface area contributed by atoms with Gasteiger partial charge < -0.3 is 4.90 Å². The van der Waals surface area contributed by atoms with Crippen molar-refractivity contribution >= 4 is 5.69 Å². The number of fused-ring (bicyclic) bond motifs is 1. The summed E-state index contributed by atoms with van der Waals surface area (Å²) in [5.74, 6) is 0. The van der Waals surface area contributed by atoms with Crippen molar-refractivity contribution in [1.82, 2.24) is 9.78 Å². The van der Waals surface area contributed by atoms with E-state index in [1.807, 2.05) is 45.6 Å². The molecule has 140 valence electrons. The maximum Gasteiger partial charge on any atom is 0.0568 e. The molecule has 2 heterocycles. The minimum Gasteiger partial charge on any atom is -0.368 e. The van der Waals surface area contributed by atoms with Crippen LogP contribution < -0.4 is 4.90 Å². The molecule has 0 saturated heterocycles. The first-order valence-corrected chi connectivity index (χ1v) is 10.1. The molecule has 0 spiro atoms. The van der Waals surface area contributed by atoms with Crippen LogP contribution >= 0.6 is 0 Å². The van der Waals surface area contributed by atoms with Gasteiger partial charge in [0.25, 0.3) is 0 Å². The number of anilines is 1. The molecule has 1 aromatic carbocycles. The third kappa shape index (κ3) is 5.10. The van der Waals surface area contributed by atoms with Crippen molar-refractivity contribution < 1.29 is 0 Å². The smallest absolute Gasteiger partial charge is 0.0568 e. The topological polar surface area (TPSA) is 21.1 Å². The summed E-state index contributed by atoms with van der Waals surface area (Å²) in [6, 6.07) is 7.60. The molecule has 0 fully saturated rings. The van der Waals surface area contributed by atoms with E-state index in [1.54, 1.807) is 0 Å². The highest BCUT2D eigenvalue weighted by atomic mass is 15.2. The molecule has 0 saturated carbocycles. The summed E-state index contributed by atoms with van der Waals surface area (Å²) in [5.41, 5.74) is 5.43. The highest BCUT2D eigenvalue weighted by Gasteiger charge is 2.24. The van der Waals surface area contributed by atoms with Gasteiger partial charge in [0, 0.05) is 37.1 Å². The largest absolute Gasteiger partial charge is 0.368 e. The van der Waals surface area contributed by atoms with Crippen LogP contribution in [0.3, 0.4) is 0 Å². The Balaban J connectivity index is 0.000000730. The Kier molecular flexibility index (Phi) is 9.33. The minimum atomic E-state index is 0.695. The van der Waals surface area contributed by atoms with E-state index in [1.165, 1.54) is 54.6 Å². The van der Waals surface area contributed by atoms with Crippen LogP contribution in [0, 0.1) is 0 Å². The molecule has 1 unspecified atom stereocenters. The second-order valence-electron chi connectivity index (χ2n) is 6.04. The predicted octanol–water partition coefficient (Wildman–Crippen LogP) is 6.08. The number of benzene rings is 1. The van der Waals surface area contributed by atoms with Gasteiger partial charge in [-0.2, -0.15) is 5.10 Å². The van der Waals surface area contributed by atoms with E-state index in [0.717, 1.165) is 0 Å². The first kappa shape index (κ1) is 21.3. The molecule has 3 nitrogen and oxygen atoms in total. The maximum atomic E-state index is 4.27. The molecule has 25 heavy (non-hydrogen) atoms. The summed E-state index contributed by atoms with van der Waals surface area (Å²) in [4.78, 5) is 2.62. The summed E-state index contributed by atoms with van der Waals surface area (Å²) >= 11 is 0. The molecule has 3 rings (SSSR count). The van der Waals surface area contributed by atoms with Gasteiger partial charge in [-0.1, -0.05) is 54.0 Å². The normalized spacial score (nSPS) is 13.3. The predicted molar refractivity (Wildman–Crippen MR) is 111 cm³/mol. The van der Waals surface area contributed by atoms with E-state index >= 15 is 0 Å². The molecule has 0 bridgehead atoms. The molecule has 1 aliphatic heterocycles. The second-order valence-corrected chi connectivity index (χ2v) is 6.04. The van der Waals surface area contributed by atoms with Gasteiger partial charge in [-0.05, 0) is 42.5 Å². The quantitative estimate of drug-likeness (QED) is 0.656. The lowest BCUT2D eigenvalue weighted by Crippen LogP contribution is -2.33. The molecule has 3 heteroatoms. The summed E-state index contributed by atoms with van der Waals surface area (Å²) in [6.07, 6.45) is 8.99. The summed E-state index contributed by atoms with van der Waals surface area (Å²) in [6.45, 7) is 13.8. The Morgan fingerprint density at radius 3 is 2.36 bits per heavy atom. The number of hydrogen-bond donors (Lipinski definition) is 0. The molecule has 2 aromatic rings. The van der Waals surface area contributed by atoms with Gasteiger partial charge in [-0.25, -0.2) is 0 Å². The minimum absolute atomic E-state index is 0.695. The third-order valence-corrected chi connectivity index (χ3v) is 4.58. The number of aromatic nitrogens is 2. The van der Waals surface area contributed by atoms with Crippen molar-refractivity contribution in [2.24, 2.45) is 7.05 Å². The molecular weight excluding hydrogens is 306 g/mol. The van der Waals surface area contributed by atoms with Crippen molar-refractivity contribution in [1.29, 1.82) is 0 Å². The first-order valence-electron chi connectivity index (χ1n) is 10.1. The maximum absolute atomic E-state index is 4.27. The van der Waals surface area contributed by atoms with Gasteiger partial charge in [-0.15, -0.1) is 0 Å². The van der Waals surface area contributed by atoms with E-state index in [9.17, 15) is 0 Å². The van der Waals surface area contributed by atoms with Crippen molar-refractivity contribution in [3.05, 3.63) is 36.2 Å². The Labute approximate surface area is 155 Å². The highest BCUT2D eigenvalue weighted by Crippen LogP contribution is 2.34. The highest BCUT2D eigenvalue weighted by molar-refractivity contribution is 5.70. The average Bonchev–Trinajstić information content (AvgIpc) is 3.29. The lowest BCUT2D eigenvalue weighted by molar-refractivity contribution is 0.540. The van der Waals surface area contributed by atoms with Crippen LogP contribution in [0.1, 0.15) is 66.4 Å². The van der Waals surface area contributed by atoms with E-state index in [4.69, 9.17) is 0 Å². The van der Waals surface area contributed by atoms with Gasteiger partial charge in [0.1, 0.15) is 0 Å². The van der Waals surface area contributed by atoms with Crippen LogP contribution in [0.4, 0.5) is 5.69 Å². The lowest BCUT2D eigenvalue weighted by Gasteiger charge is -2.29. The molecule has 0 N–H and O–H groups in total. The summed E-state index contributed by atoms with van der Waals surface area (Å²) in [7, 11) is 1.97. The van der Waals surface area contributed by atoms with Gasteiger partial charge >= 0.3 is 0 Å². The van der Waals surface area contributed by atoms with Crippen molar-refractivity contribution in [2.75, 3.05) is 11.4 Å². The fourth-order valence-corrected chi connectivity index (χ4v) is 3.47. The standard InChI is InChI=1S/C18H25N3.2C2H6/c1-4-6-17(5-2)21-10-9-15-11-14(7-8-18(15)21)16-12-19-20(3)13-16;2*1-2/h7-8,11-13,17H,4-6,9-10H2,1-3H3;2*1-2H3. The summed E-state index contributed by atoms with van der Waals surface area (Å²) in [5, 5.41) is 4.27. The van der Waals surface area contributed by atoms with E-state index in [0.29, 0.717) is 6.04 Å². The van der Waals surface area contributed by atoms with E-state index in [-0.39, 0.29) is 0 Å². The Bertz CT molecular complexity index is 615. The fourth-order valence-electron chi connectivity index (χ4n) is 3.47. The van der Waals surface area contributed by atoms with E-state index in [2.05, 4.69) is 48.2 Å². The molecule has 1 aliphatic rings. The molecule has 0 radical (unpaired) electrons. The van der Waals surface area contributed by atoms with Crippen molar-refractivity contribution in [3.8, 4) is 11.1 Å². The Hall–Kier alpha value is -1.77. The molecule has 1 atom stereocenters. The zero-order chi connectivity index (χ0) is 18.8. The van der Waals surface area contributed by atoms with Crippen molar-refractivity contribution in [3.63, 3.8) is 0 Å². The average molecular weight is 344 g/mol. The SMILES string of the molecule is CC.CC.CCCC(CC)N1CCc2cc(-c3cnn(C)c3)ccc21. The van der Waals surface area contributed by atoms with Crippen LogP contribution in [0.15, 0.2) is 30.6 Å². The number of aryl methyl sites for hydroxylation is 1. The van der Waals surface area contributed by atoms with Gasteiger partial charge in [0.05, 0.1) is 6.20 Å². The monoisotopic (exact) mass is 343 g/mol. The van der Waals surface area contributed by atoms with Crippen LogP contribution in [0.2, 0.25) is 0 Å².